The van der Waals surface area contributed by atoms with Crippen molar-refractivity contribution in [1.29, 1.82) is 5.26 Å². The van der Waals surface area contributed by atoms with E-state index in [9.17, 15) is 21.6 Å². The second kappa shape index (κ2) is 6.68. The number of nitrogens with one attached hydrogen (secondary N) is 1. The summed E-state index contributed by atoms with van der Waals surface area (Å²) in [7, 11) is -4.22. The Balaban J connectivity index is 1.90. The van der Waals surface area contributed by atoms with Gasteiger partial charge in [0.2, 0.25) is 10.0 Å². The fraction of sp³-hybridized carbons (Fsp3) is 0.312. The molecule has 2 aromatic heterocycles. The summed E-state index contributed by atoms with van der Waals surface area (Å²) >= 11 is 0.567. The minimum Gasteiger partial charge on any atom is -0.230 e. The van der Waals surface area contributed by atoms with E-state index in [1.807, 2.05) is 6.07 Å². The lowest BCUT2D eigenvalue weighted by atomic mass is 10.2. The van der Waals surface area contributed by atoms with Gasteiger partial charge in [-0.3, -0.25) is 0 Å². The molecule has 2 heterocycles. The lowest BCUT2D eigenvalue weighted by Gasteiger charge is -2.12. The van der Waals surface area contributed by atoms with Gasteiger partial charge in [-0.2, -0.15) is 9.98 Å². The summed E-state index contributed by atoms with van der Waals surface area (Å²) in [5.41, 5.74) is -1.38. The van der Waals surface area contributed by atoms with Crippen LogP contribution in [0.5, 0.6) is 0 Å². The number of alkyl halides is 2. The van der Waals surface area contributed by atoms with Crippen molar-refractivity contribution in [3.63, 3.8) is 0 Å². The molecule has 0 spiro atoms. The van der Waals surface area contributed by atoms with Gasteiger partial charge in [-0.05, 0) is 31.9 Å². The molecule has 1 saturated carbocycles. The molecule has 8 nitrogen and oxygen atoms in total. The van der Waals surface area contributed by atoms with Crippen molar-refractivity contribution in [2.75, 3.05) is 0 Å². The summed E-state index contributed by atoms with van der Waals surface area (Å²) in [5.74, 6) is -0.787. The van der Waals surface area contributed by atoms with E-state index in [0.29, 0.717) is 24.2 Å². The van der Waals surface area contributed by atoms with Crippen molar-refractivity contribution in [2.45, 2.75) is 36.6 Å². The molecule has 0 unspecified atom stereocenters. The second-order valence-corrected chi connectivity index (χ2v) is 9.16. The third kappa shape index (κ3) is 3.54. The minimum atomic E-state index is -4.22. The molecule has 0 bridgehead atoms. The Morgan fingerprint density at radius 1 is 1.28 bits per heavy atom. The number of sulfonamides is 1. The molecule has 1 aromatic carbocycles. The molecule has 1 N–H and O–H groups in total. The molecule has 0 atom stereocenters. The van der Waals surface area contributed by atoms with Crippen molar-refractivity contribution in [1.82, 2.24) is 24.9 Å². The molecule has 0 radical (unpaired) electrons. The highest BCUT2D eigenvalue weighted by atomic mass is 32.2. The lowest BCUT2D eigenvalue weighted by Crippen LogP contribution is -2.35. The van der Waals surface area contributed by atoms with Gasteiger partial charge in [-0.1, -0.05) is 11.3 Å². The molecule has 3 aromatic rings. The van der Waals surface area contributed by atoms with E-state index < -0.39 is 37.7 Å². The van der Waals surface area contributed by atoms with Crippen LogP contribution in [0.15, 0.2) is 17.0 Å². The van der Waals surface area contributed by atoms with E-state index in [-0.39, 0.29) is 27.4 Å². The van der Waals surface area contributed by atoms with Gasteiger partial charge in [0.25, 0.3) is 6.43 Å². The van der Waals surface area contributed by atoms with Crippen LogP contribution in [0.4, 0.5) is 13.2 Å². The molecule has 13 heteroatoms. The molecule has 150 valence electrons. The fourth-order valence-electron chi connectivity index (χ4n) is 2.69. The van der Waals surface area contributed by atoms with Crippen molar-refractivity contribution >= 4 is 32.3 Å². The van der Waals surface area contributed by atoms with Crippen LogP contribution in [0.1, 0.15) is 30.1 Å². The normalized spacial score (nSPS) is 15.6. The number of hydrogen-bond donors (Lipinski definition) is 1. The van der Waals surface area contributed by atoms with Gasteiger partial charge in [0.15, 0.2) is 15.8 Å². The predicted octanol–water partition coefficient (Wildman–Crippen LogP) is 2.87. The van der Waals surface area contributed by atoms with Gasteiger partial charge < -0.3 is 0 Å². The van der Waals surface area contributed by atoms with Gasteiger partial charge in [0.1, 0.15) is 22.6 Å². The SMILES string of the molecule is Cc1nc(-c2nnc(C(F)F)s2)c2cc(S(=O)(=O)NC3(C#N)CC3)cc(F)c2n1. The standard InChI is InChI=1S/C16H11F3N6O2S2/c1-7-21-11-9(12(22-7)14-23-24-15(28-14)13(18)19)4-8(5-10(11)17)29(26,27)25-16(6-20)2-3-16/h4-5,13,25H,2-3H2,1H3. The Morgan fingerprint density at radius 2 is 2.00 bits per heavy atom. The summed E-state index contributed by atoms with van der Waals surface area (Å²) < 4.78 is 68.0. The van der Waals surface area contributed by atoms with E-state index in [1.54, 1.807) is 0 Å². The second-order valence-electron chi connectivity index (χ2n) is 6.47. The molecular formula is C16H11F3N6O2S2. The van der Waals surface area contributed by atoms with E-state index in [2.05, 4.69) is 24.9 Å². The first kappa shape index (κ1) is 19.6. The zero-order valence-electron chi connectivity index (χ0n) is 14.6. The topological polar surface area (TPSA) is 122 Å². The van der Waals surface area contributed by atoms with Gasteiger partial charge in [0.05, 0.1) is 11.0 Å². The van der Waals surface area contributed by atoms with Gasteiger partial charge in [0, 0.05) is 5.39 Å². The molecule has 0 aliphatic heterocycles. The number of fused-ring (bicyclic) bond motifs is 1. The summed E-state index contributed by atoms with van der Waals surface area (Å²) in [6, 6.07) is 3.81. The number of benzene rings is 1. The van der Waals surface area contributed by atoms with Crippen molar-refractivity contribution in [3.8, 4) is 16.8 Å². The van der Waals surface area contributed by atoms with Crippen molar-refractivity contribution < 1.29 is 21.6 Å². The third-order valence-corrected chi connectivity index (χ3v) is 6.73. The minimum absolute atomic E-state index is 0.00531. The maximum Gasteiger partial charge on any atom is 0.291 e. The van der Waals surface area contributed by atoms with Crippen LogP contribution in [0.2, 0.25) is 0 Å². The predicted molar refractivity (Wildman–Crippen MR) is 96.0 cm³/mol. The Hall–Kier alpha value is -2.69. The number of nitrogens with zero attached hydrogens (tertiary/aromatic N) is 5. The van der Waals surface area contributed by atoms with Gasteiger partial charge in [-0.15, -0.1) is 10.2 Å². The number of nitriles is 1. The van der Waals surface area contributed by atoms with Crippen LogP contribution in [-0.2, 0) is 10.0 Å². The molecule has 0 amide bonds. The Bertz CT molecular complexity index is 1280. The first-order valence-electron chi connectivity index (χ1n) is 8.19. The first-order chi connectivity index (χ1) is 13.6. The monoisotopic (exact) mass is 440 g/mol. The highest BCUT2D eigenvalue weighted by Gasteiger charge is 2.47. The molecule has 0 saturated heterocycles. The number of rotatable bonds is 5. The number of aromatic nitrogens is 4. The Morgan fingerprint density at radius 3 is 2.59 bits per heavy atom. The highest BCUT2D eigenvalue weighted by Crippen LogP contribution is 2.37. The van der Waals surface area contributed by atoms with Crippen LogP contribution >= 0.6 is 11.3 Å². The van der Waals surface area contributed by atoms with Crippen LogP contribution in [-0.4, -0.2) is 34.1 Å². The molecule has 4 rings (SSSR count). The summed E-state index contributed by atoms with van der Waals surface area (Å²) in [6.45, 7) is 1.48. The molecule has 1 fully saturated rings. The van der Waals surface area contributed by atoms with E-state index in [1.165, 1.54) is 6.92 Å². The first-order valence-corrected chi connectivity index (χ1v) is 10.5. The smallest absolute Gasteiger partial charge is 0.230 e. The molecule has 1 aliphatic carbocycles. The Labute approximate surface area is 166 Å². The molecular weight excluding hydrogens is 429 g/mol. The zero-order chi connectivity index (χ0) is 21.0. The van der Waals surface area contributed by atoms with Gasteiger partial charge in [-0.25, -0.2) is 31.6 Å². The zero-order valence-corrected chi connectivity index (χ0v) is 16.3. The average Bonchev–Trinajstić information content (AvgIpc) is 3.24. The van der Waals surface area contributed by atoms with Crippen molar-refractivity contribution in [3.05, 3.63) is 28.8 Å². The number of halogens is 3. The maximum atomic E-state index is 14.7. The lowest BCUT2D eigenvalue weighted by molar-refractivity contribution is 0.150. The van der Waals surface area contributed by atoms with Crippen LogP contribution in [0.25, 0.3) is 21.6 Å². The molecule has 29 heavy (non-hydrogen) atoms. The van der Waals surface area contributed by atoms with Crippen LogP contribution < -0.4 is 4.72 Å². The van der Waals surface area contributed by atoms with E-state index in [4.69, 9.17) is 5.26 Å². The van der Waals surface area contributed by atoms with E-state index >= 15 is 0 Å². The third-order valence-electron chi connectivity index (χ3n) is 4.27. The quantitative estimate of drug-likeness (QED) is 0.647. The largest absolute Gasteiger partial charge is 0.291 e. The summed E-state index contributed by atoms with van der Waals surface area (Å²) in [4.78, 5) is 7.68. The van der Waals surface area contributed by atoms with Crippen LogP contribution in [0, 0.1) is 24.1 Å². The summed E-state index contributed by atoms with van der Waals surface area (Å²) in [5, 5.41) is 15.6. The highest BCUT2D eigenvalue weighted by molar-refractivity contribution is 7.89. The fourth-order valence-corrected chi connectivity index (χ4v) is 4.81. The Kier molecular flexibility index (Phi) is 4.52. The van der Waals surface area contributed by atoms with E-state index in [0.717, 1.165) is 12.1 Å². The average molecular weight is 440 g/mol. The van der Waals surface area contributed by atoms with Crippen LogP contribution in [0.3, 0.4) is 0 Å². The maximum absolute atomic E-state index is 14.7. The number of aryl methyl sites for hydroxylation is 1. The van der Waals surface area contributed by atoms with Crippen molar-refractivity contribution in [2.24, 2.45) is 0 Å². The van der Waals surface area contributed by atoms with Gasteiger partial charge >= 0.3 is 0 Å². The molecule has 1 aliphatic rings. The number of hydrogen-bond acceptors (Lipinski definition) is 8. The summed E-state index contributed by atoms with van der Waals surface area (Å²) in [6.07, 6.45) is -2.13.